The lowest BCUT2D eigenvalue weighted by Crippen LogP contribution is -2.12. The Morgan fingerprint density at radius 2 is 2.07 bits per heavy atom. The molecule has 1 amide bonds. The van der Waals surface area contributed by atoms with Crippen LogP contribution in [0.1, 0.15) is 40.7 Å². The molecule has 8 heteroatoms. The summed E-state index contributed by atoms with van der Waals surface area (Å²) in [5, 5.41) is 6.50. The number of aryl methyl sites for hydroxylation is 1. The van der Waals surface area contributed by atoms with Crippen LogP contribution in [0.25, 0.3) is 11.3 Å². The van der Waals surface area contributed by atoms with Gasteiger partial charge in [-0.3, -0.25) is 10.1 Å². The van der Waals surface area contributed by atoms with Gasteiger partial charge in [0, 0.05) is 23.7 Å². The predicted octanol–water partition coefficient (Wildman–Crippen LogP) is 4.17. The maximum Gasteiger partial charge on any atom is 0.355 e. The fraction of sp³-hybridized carbons (Fsp3) is 0.286. The number of nitrogens with one attached hydrogen (secondary N) is 2. The third kappa shape index (κ3) is 4.71. The van der Waals surface area contributed by atoms with Gasteiger partial charge >= 0.3 is 5.97 Å². The zero-order valence-electron chi connectivity index (χ0n) is 16.5. The lowest BCUT2D eigenvalue weighted by Gasteiger charge is -2.04. The number of aromatic amines is 1. The van der Waals surface area contributed by atoms with E-state index in [-0.39, 0.29) is 24.0 Å². The quantitative estimate of drug-likeness (QED) is 0.581. The van der Waals surface area contributed by atoms with Gasteiger partial charge in [0.25, 0.3) is 0 Å². The van der Waals surface area contributed by atoms with Gasteiger partial charge in [-0.2, -0.15) is 0 Å². The number of anilines is 1. The Hall–Kier alpha value is -3.42. The number of benzene rings is 1. The molecule has 2 aromatic heterocycles. The zero-order valence-corrected chi connectivity index (χ0v) is 16.5. The average molecular weight is 399 g/mol. The molecule has 3 aromatic rings. The van der Waals surface area contributed by atoms with Crippen molar-refractivity contribution in [3.05, 3.63) is 58.7 Å². The van der Waals surface area contributed by atoms with Gasteiger partial charge in [0.05, 0.1) is 6.61 Å². The summed E-state index contributed by atoms with van der Waals surface area (Å²) in [5.41, 5.74) is 3.90. The first-order valence-electron chi connectivity index (χ1n) is 9.26. The van der Waals surface area contributed by atoms with Crippen LogP contribution >= 0.6 is 0 Å². The summed E-state index contributed by atoms with van der Waals surface area (Å²) in [6.45, 7) is 5.72. The Kier molecular flexibility index (Phi) is 6.11. The van der Waals surface area contributed by atoms with E-state index in [1.807, 2.05) is 13.8 Å². The Labute approximate surface area is 167 Å². The number of aromatic nitrogens is 2. The smallest absolute Gasteiger partial charge is 0.355 e. The minimum atomic E-state index is -0.407. The van der Waals surface area contributed by atoms with Gasteiger partial charge in [-0.15, -0.1) is 0 Å². The molecule has 0 unspecified atom stereocenters. The highest BCUT2D eigenvalue weighted by atomic mass is 19.1. The molecule has 1 aromatic carbocycles. The number of carbonyl (C=O) groups is 2. The Balaban J connectivity index is 1.62. The molecule has 0 saturated carbocycles. The average Bonchev–Trinajstić information content (AvgIpc) is 3.25. The fourth-order valence-corrected chi connectivity index (χ4v) is 3.13. The first-order valence-corrected chi connectivity index (χ1v) is 9.26. The van der Waals surface area contributed by atoms with E-state index in [0.717, 1.165) is 16.8 Å². The molecule has 2 heterocycles. The molecule has 0 bridgehead atoms. The van der Waals surface area contributed by atoms with Crippen molar-refractivity contribution in [3.8, 4) is 11.3 Å². The second-order valence-electron chi connectivity index (χ2n) is 6.58. The van der Waals surface area contributed by atoms with Crippen molar-refractivity contribution < 1.29 is 23.2 Å². The molecular formula is C21H22FN3O4. The largest absolute Gasteiger partial charge is 0.461 e. The van der Waals surface area contributed by atoms with E-state index in [1.165, 1.54) is 12.1 Å². The Morgan fingerprint density at radius 3 is 2.79 bits per heavy atom. The van der Waals surface area contributed by atoms with Crippen LogP contribution in [0.5, 0.6) is 0 Å². The van der Waals surface area contributed by atoms with Crippen LogP contribution in [0.3, 0.4) is 0 Å². The first-order chi connectivity index (χ1) is 13.9. The molecule has 0 radical (unpaired) electrons. The van der Waals surface area contributed by atoms with Gasteiger partial charge in [0.2, 0.25) is 11.8 Å². The molecule has 3 rings (SSSR count). The predicted molar refractivity (Wildman–Crippen MR) is 105 cm³/mol. The number of rotatable bonds is 7. The lowest BCUT2D eigenvalue weighted by atomic mass is 10.0. The van der Waals surface area contributed by atoms with Gasteiger partial charge in [0.15, 0.2) is 0 Å². The topological polar surface area (TPSA) is 97.2 Å². The number of carbonyl (C=O) groups excluding carboxylic acids is 2. The number of amides is 1. The Morgan fingerprint density at radius 1 is 1.28 bits per heavy atom. The summed E-state index contributed by atoms with van der Waals surface area (Å²) in [4.78, 5) is 27.3. The van der Waals surface area contributed by atoms with Crippen molar-refractivity contribution in [2.24, 2.45) is 0 Å². The van der Waals surface area contributed by atoms with Crippen molar-refractivity contribution in [2.45, 2.75) is 33.6 Å². The summed E-state index contributed by atoms with van der Waals surface area (Å²) in [5.74, 6) is -0.862. The molecule has 152 valence electrons. The normalized spacial score (nSPS) is 10.8. The molecule has 29 heavy (non-hydrogen) atoms. The minimum absolute atomic E-state index is 0.184. The third-order valence-corrected chi connectivity index (χ3v) is 4.57. The van der Waals surface area contributed by atoms with Crippen LogP contribution in [-0.4, -0.2) is 28.6 Å². The van der Waals surface area contributed by atoms with Crippen LogP contribution in [0.4, 0.5) is 10.3 Å². The number of hydrogen-bond acceptors (Lipinski definition) is 5. The molecular weight excluding hydrogens is 377 g/mol. The number of hydrogen-bond donors (Lipinski definition) is 2. The fourth-order valence-electron chi connectivity index (χ4n) is 3.13. The summed E-state index contributed by atoms with van der Waals surface area (Å²) in [6.07, 6.45) is 0.641. The van der Waals surface area contributed by atoms with Crippen molar-refractivity contribution >= 4 is 17.8 Å². The molecule has 0 spiro atoms. The molecule has 0 fully saturated rings. The molecule has 2 N–H and O–H groups in total. The van der Waals surface area contributed by atoms with Crippen LogP contribution in [0, 0.1) is 19.7 Å². The van der Waals surface area contributed by atoms with Crippen LogP contribution in [0.2, 0.25) is 0 Å². The zero-order chi connectivity index (χ0) is 21.0. The van der Waals surface area contributed by atoms with Gasteiger partial charge in [-0.05, 0) is 50.5 Å². The SMILES string of the molecule is CCOC(=O)c1[nH]c(C)c(CCC(=O)Nc2cc(-c3cccc(F)c3)no2)c1C. The number of nitrogens with zero attached hydrogens (tertiary/aromatic N) is 1. The molecule has 7 nitrogen and oxygen atoms in total. The monoisotopic (exact) mass is 399 g/mol. The highest BCUT2D eigenvalue weighted by Crippen LogP contribution is 2.23. The van der Waals surface area contributed by atoms with Crippen LogP contribution in [0.15, 0.2) is 34.9 Å². The number of esters is 1. The molecule has 0 aliphatic carbocycles. The van der Waals surface area contributed by atoms with E-state index in [1.54, 1.807) is 25.1 Å². The van der Waals surface area contributed by atoms with Crippen molar-refractivity contribution in [1.82, 2.24) is 10.1 Å². The van der Waals surface area contributed by atoms with E-state index in [9.17, 15) is 14.0 Å². The van der Waals surface area contributed by atoms with E-state index in [4.69, 9.17) is 9.26 Å². The van der Waals surface area contributed by atoms with Gasteiger partial charge in [-0.25, -0.2) is 9.18 Å². The van der Waals surface area contributed by atoms with Crippen molar-refractivity contribution in [1.29, 1.82) is 0 Å². The van der Waals surface area contributed by atoms with Crippen LogP contribution in [-0.2, 0) is 16.0 Å². The minimum Gasteiger partial charge on any atom is -0.461 e. The lowest BCUT2D eigenvalue weighted by molar-refractivity contribution is -0.116. The van der Waals surface area contributed by atoms with E-state index in [2.05, 4.69) is 15.5 Å². The Bertz CT molecular complexity index is 1040. The number of ether oxygens (including phenoxy) is 1. The standard InChI is InChI=1S/C21H22FN3O4/c1-4-28-21(27)20-12(2)16(13(3)23-20)8-9-18(26)24-19-11-17(25-29-19)14-6-5-7-15(22)10-14/h5-7,10-11,23H,4,8-9H2,1-3H3,(H,24,26). The van der Waals surface area contributed by atoms with E-state index < -0.39 is 5.97 Å². The number of H-pyrrole nitrogens is 1. The van der Waals surface area contributed by atoms with Crippen LogP contribution < -0.4 is 5.32 Å². The maximum atomic E-state index is 13.3. The second kappa shape index (κ2) is 8.72. The summed E-state index contributed by atoms with van der Waals surface area (Å²) in [6, 6.07) is 7.49. The van der Waals surface area contributed by atoms with Gasteiger partial charge in [-0.1, -0.05) is 17.3 Å². The maximum absolute atomic E-state index is 13.3. The molecule has 0 atom stereocenters. The molecule has 0 saturated heterocycles. The number of halogens is 1. The second-order valence-corrected chi connectivity index (χ2v) is 6.58. The third-order valence-electron chi connectivity index (χ3n) is 4.57. The van der Waals surface area contributed by atoms with E-state index >= 15 is 0 Å². The summed E-state index contributed by atoms with van der Waals surface area (Å²) < 4.78 is 23.5. The van der Waals surface area contributed by atoms with E-state index in [0.29, 0.717) is 30.0 Å². The molecule has 0 aliphatic heterocycles. The first kappa shape index (κ1) is 20.3. The van der Waals surface area contributed by atoms with Crippen molar-refractivity contribution in [3.63, 3.8) is 0 Å². The summed E-state index contributed by atoms with van der Waals surface area (Å²) >= 11 is 0. The van der Waals surface area contributed by atoms with Gasteiger partial charge in [0.1, 0.15) is 17.2 Å². The molecule has 0 aliphatic rings. The highest BCUT2D eigenvalue weighted by Gasteiger charge is 2.19. The van der Waals surface area contributed by atoms with Crippen molar-refractivity contribution in [2.75, 3.05) is 11.9 Å². The highest BCUT2D eigenvalue weighted by molar-refractivity contribution is 5.91. The summed E-state index contributed by atoms with van der Waals surface area (Å²) in [7, 11) is 0. The van der Waals surface area contributed by atoms with Gasteiger partial charge < -0.3 is 14.2 Å².